The largest absolute Gasteiger partial charge is 0.0879 e. The minimum atomic E-state index is 0.479. The molecule has 20 heavy (non-hydrogen) atoms. The van der Waals surface area contributed by atoms with E-state index in [1.165, 1.54) is 31.2 Å². The summed E-state index contributed by atoms with van der Waals surface area (Å²) in [5.74, 6) is 2.39. The van der Waals surface area contributed by atoms with Crippen LogP contribution in [-0.4, -0.2) is 0 Å². The molecular weight excluding hydrogens is 240 g/mol. The van der Waals surface area contributed by atoms with Crippen LogP contribution in [0.3, 0.4) is 0 Å². The molecule has 1 aromatic carbocycles. The fraction of sp³-hybridized carbons (Fsp3) is 0.500. The lowest BCUT2D eigenvalue weighted by atomic mass is 9.56. The van der Waals surface area contributed by atoms with Crippen molar-refractivity contribution in [2.24, 2.45) is 17.3 Å². The number of hydrogen-bond donors (Lipinski definition) is 0. The lowest BCUT2D eigenvalue weighted by molar-refractivity contribution is 0.121. The number of fused-ring (bicyclic) bond motifs is 5. The first kappa shape index (κ1) is 12.4. The molecule has 0 bridgehead atoms. The van der Waals surface area contributed by atoms with Crippen LogP contribution in [0.4, 0.5) is 0 Å². The summed E-state index contributed by atoms with van der Waals surface area (Å²) in [6, 6.07) is 9.03. The second-order valence-electron chi connectivity index (χ2n) is 7.09. The van der Waals surface area contributed by atoms with Gasteiger partial charge in [0, 0.05) is 0 Å². The first-order valence-electron chi connectivity index (χ1n) is 8.17. The molecular formula is C20H24. The van der Waals surface area contributed by atoms with E-state index in [9.17, 15) is 0 Å². The van der Waals surface area contributed by atoms with Crippen molar-refractivity contribution in [1.82, 2.24) is 0 Å². The topological polar surface area (TPSA) is 0 Å². The van der Waals surface area contributed by atoms with Crippen LogP contribution in [-0.2, 0) is 0 Å². The third kappa shape index (κ3) is 1.54. The highest BCUT2D eigenvalue weighted by Gasteiger charge is 2.51. The Hall–Kier alpha value is -1.30. The van der Waals surface area contributed by atoms with E-state index in [1.807, 2.05) is 0 Å². The van der Waals surface area contributed by atoms with Gasteiger partial charge in [0.1, 0.15) is 0 Å². The molecule has 4 atom stereocenters. The summed E-state index contributed by atoms with van der Waals surface area (Å²) in [6.45, 7) is 4.77. The lowest BCUT2D eigenvalue weighted by Crippen LogP contribution is -2.38. The molecule has 3 aliphatic rings. The van der Waals surface area contributed by atoms with E-state index >= 15 is 0 Å². The minimum absolute atomic E-state index is 0.479. The molecule has 0 spiro atoms. The molecule has 0 radical (unpaired) electrons. The minimum Gasteiger partial charge on any atom is -0.0879 e. The number of benzene rings is 1. The van der Waals surface area contributed by atoms with Gasteiger partial charge in [0.05, 0.1) is 0 Å². The Labute approximate surface area is 122 Å². The second-order valence-corrected chi connectivity index (χ2v) is 7.09. The van der Waals surface area contributed by atoms with E-state index in [4.69, 9.17) is 0 Å². The summed E-state index contributed by atoms with van der Waals surface area (Å²) in [6.07, 6.45) is 12.8. The number of allylic oxidation sites excluding steroid dienone is 3. The van der Waals surface area contributed by atoms with Crippen molar-refractivity contribution in [1.29, 1.82) is 0 Å². The fourth-order valence-corrected chi connectivity index (χ4v) is 5.36. The van der Waals surface area contributed by atoms with Crippen LogP contribution in [0.1, 0.15) is 56.6 Å². The summed E-state index contributed by atoms with van der Waals surface area (Å²) < 4.78 is 0. The van der Waals surface area contributed by atoms with Crippen molar-refractivity contribution in [3.05, 3.63) is 53.1 Å². The van der Waals surface area contributed by atoms with Gasteiger partial charge < -0.3 is 0 Å². The molecule has 0 nitrogen and oxygen atoms in total. The van der Waals surface area contributed by atoms with Gasteiger partial charge in [-0.05, 0) is 66.9 Å². The van der Waals surface area contributed by atoms with E-state index < -0.39 is 0 Å². The van der Waals surface area contributed by atoms with Crippen molar-refractivity contribution in [2.75, 3.05) is 0 Å². The van der Waals surface area contributed by atoms with Crippen molar-refractivity contribution >= 4 is 6.08 Å². The highest BCUT2D eigenvalue weighted by atomic mass is 14.5. The molecule has 1 aromatic rings. The molecule has 104 valence electrons. The third-order valence-electron chi connectivity index (χ3n) is 6.42. The maximum absolute atomic E-state index is 2.54. The molecule has 3 aliphatic carbocycles. The zero-order valence-electron chi connectivity index (χ0n) is 12.6. The maximum Gasteiger partial charge on any atom is -0.00821 e. The standard InChI is InChI=1S/C20H24/c1-3-15-9-11-19-18-10-8-14-6-4-5-7-16(14)17(18)12-13-20(15,19)2/h3-8,10,17-19H,9,11-13H2,1-2H3/b15-3-. The Morgan fingerprint density at radius 2 is 2.05 bits per heavy atom. The normalized spacial score (nSPS) is 40.3. The van der Waals surface area contributed by atoms with Crippen molar-refractivity contribution < 1.29 is 0 Å². The van der Waals surface area contributed by atoms with E-state index in [1.54, 1.807) is 11.1 Å². The first-order chi connectivity index (χ1) is 9.74. The highest BCUT2D eigenvalue weighted by molar-refractivity contribution is 5.59. The summed E-state index contributed by atoms with van der Waals surface area (Å²) in [5, 5.41) is 0. The predicted octanol–water partition coefficient (Wildman–Crippen LogP) is 5.57. The Bertz CT molecular complexity index is 592. The van der Waals surface area contributed by atoms with E-state index in [0.717, 1.165) is 17.8 Å². The molecule has 0 amide bonds. The van der Waals surface area contributed by atoms with Gasteiger partial charge in [0.2, 0.25) is 0 Å². The number of hydrogen-bond acceptors (Lipinski definition) is 0. The smallest absolute Gasteiger partial charge is 0.00821 e. The first-order valence-corrected chi connectivity index (χ1v) is 8.17. The van der Waals surface area contributed by atoms with Gasteiger partial charge in [-0.15, -0.1) is 0 Å². The third-order valence-corrected chi connectivity index (χ3v) is 6.42. The summed E-state index contributed by atoms with van der Waals surface area (Å²) >= 11 is 0. The van der Waals surface area contributed by atoms with E-state index in [2.05, 4.69) is 56.3 Å². The van der Waals surface area contributed by atoms with Crippen molar-refractivity contribution in [3.8, 4) is 0 Å². The molecule has 2 saturated carbocycles. The highest BCUT2D eigenvalue weighted by Crippen LogP contribution is 2.61. The Kier molecular flexibility index (Phi) is 2.70. The zero-order chi connectivity index (χ0) is 13.7. The molecule has 0 heteroatoms. The SMILES string of the molecule is C/C=C1/CCC2C3C=Cc4ccccc4C3CCC12C. The van der Waals surface area contributed by atoms with Gasteiger partial charge in [-0.2, -0.15) is 0 Å². The van der Waals surface area contributed by atoms with Crippen LogP contribution in [0, 0.1) is 17.3 Å². The summed E-state index contributed by atoms with van der Waals surface area (Å²) in [5.41, 5.74) is 5.28. The van der Waals surface area contributed by atoms with Gasteiger partial charge in [-0.1, -0.05) is 55.0 Å². The molecule has 0 N–H and O–H groups in total. The van der Waals surface area contributed by atoms with Gasteiger partial charge in [0.15, 0.2) is 0 Å². The summed E-state index contributed by atoms with van der Waals surface area (Å²) in [4.78, 5) is 0. The average molecular weight is 264 g/mol. The molecule has 2 fully saturated rings. The number of rotatable bonds is 0. The van der Waals surface area contributed by atoms with Crippen LogP contribution in [0.15, 0.2) is 42.0 Å². The quantitative estimate of drug-likeness (QED) is 0.537. The molecule has 4 unspecified atom stereocenters. The van der Waals surface area contributed by atoms with Crippen LogP contribution >= 0.6 is 0 Å². The maximum atomic E-state index is 2.54. The van der Waals surface area contributed by atoms with Crippen LogP contribution in [0.2, 0.25) is 0 Å². The van der Waals surface area contributed by atoms with Gasteiger partial charge in [-0.3, -0.25) is 0 Å². The lowest BCUT2D eigenvalue weighted by Gasteiger charge is -2.47. The average Bonchev–Trinajstić information content (AvgIpc) is 2.83. The van der Waals surface area contributed by atoms with Crippen molar-refractivity contribution in [2.45, 2.75) is 45.4 Å². The molecule has 0 aromatic heterocycles. The van der Waals surface area contributed by atoms with Gasteiger partial charge in [0.25, 0.3) is 0 Å². The summed E-state index contributed by atoms with van der Waals surface area (Å²) in [7, 11) is 0. The van der Waals surface area contributed by atoms with Gasteiger partial charge >= 0.3 is 0 Å². The fourth-order valence-electron chi connectivity index (χ4n) is 5.36. The van der Waals surface area contributed by atoms with Crippen LogP contribution in [0.25, 0.3) is 6.08 Å². The molecule has 0 saturated heterocycles. The Morgan fingerprint density at radius 3 is 2.90 bits per heavy atom. The Balaban J connectivity index is 1.76. The molecule has 4 rings (SSSR count). The predicted molar refractivity (Wildman–Crippen MR) is 85.5 cm³/mol. The Morgan fingerprint density at radius 1 is 1.20 bits per heavy atom. The zero-order valence-corrected chi connectivity index (χ0v) is 12.6. The van der Waals surface area contributed by atoms with E-state index in [-0.39, 0.29) is 0 Å². The van der Waals surface area contributed by atoms with Crippen LogP contribution < -0.4 is 0 Å². The molecule has 0 heterocycles. The van der Waals surface area contributed by atoms with Crippen LogP contribution in [0.5, 0.6) is 0 Å². The van der Waals surface area contributed by atoms with E-state index in [0.29, 0.717) is 5.41 Å². The monoisotopic (exact) mass is 264 g/mol. The molecule has 0 aliphatic heterocycles. The second kappa shape index (κ2) is 4.35. The van der Waals surface area contributed by atoms with Gasteiger partial charge in [-0.25, -0.2) is 0 Å². The van der Waals surface area contributed by atoms with Crippen molar-refractivity contribution in [3.63, 3.8) is 0 Å².